The molecule has 0 aliphatic heterocycles. The van der Waals surface area contributed by atoms with Crippen LogP contribution in [0.15, 0.2) is 0 Å². The van der Waals surface area contributed by atoms with Gasteiger partial charge >= 0.3 is 0 Å². The standard InChI is InChI=1S/C14H24N4/c1-5-7-9-12(8-6-2)16-14-13(10-15)11(3)17-18(14)4/h12,16H,5-9H2,1-4H3. The number of nitrogens with zero attached hydrogens (tertiary/aromatic N) is 3. The first-order valence-corrected chi connectivity index (χ1v) is 6.84. The molecule has 1 aromatic rings. The van der Waals surface area contributed by atoms with E-state index < -0.39 is 0 Å². The van der Waals surface area contributed by atoms with Gasteiger partial charge in [-0.1, -0.05) is 33.1 Å². The third-order valence-corrected chi connectivity index (χ3v) is 3.22. The van der Waals surface area contributed by atoms with Crippen molar-refractivity contribution in [1.82, 2.24) is 9.78 Å². The summed E-state index contributed by atoms with van der Waals surface area (Å²) in [5, 5.41) is 17.0. The first-order valence-electron chi connectivity index (χ1n) is 6.84. The van der Waals surface area contributed by atoms with Gasteiger partial charge in [-0.05, 0) is 19.8 Å². The largest absolute Gasteiger partial charge is 0.366 e. The first kappa shape index (κ1) is 14.6. The summed E-state index contributed by atoms with van der Waals surface area (Å²) in [5.41, 5.74) is 1.48. The normalized spacial score (nSPS) is 12.2. The lowest BCUT2D eigenvalue weighted by atomic mass is 10.0. The minimum Gasteiger partial charge on any atom is -0.366 e. The molecule has 1 rings (SSSR count). The molecule has 1 atom stereocenters. The topological polar surface area (TPSA) is 53.6 Å². The van der Waals surface area contributed by atoms with Crippen LogP contribution in [0.4, 0.5) is 5.82 Å². The maximum Gasteiger partial charge on any atom is 0.142 e. The van der Waals surface area contributed by atoms with E-state index in [2.05, 4.69) is 30.3 Å². The zero-order chi connectivity index (χ0) is 13.5. The molecule has 0 spiro atoms. The minimum absolute atomic E-state index is 0.442. The van der Waals surface area contributed by atoms with Crippen molar-refractivity contribution in [3.8, 4) is 6.07 Å². The summed E-state index contributed by atoms with van der Waals surface area (Å²) < 4.78 is 1.78. The monoisotopic (exact) mass is 248 g/mol. The van der Waals surface area contributed by atoms with Gasteiger partial charge in [0, 0.05) is 13.1 Å². The minimum atomic E-state index is 0.442. The van der Waals surface area contributed by atoms with Crippen molar-refractivity contribution < 1.29 is 0 Å². The molecule has 18 heavy (non-hydrogen) atoms. The summed E-state index contributed by atoms with van der Waals surface area (Å²) in [6.07, 6.45) is 5.86. The molecule has 100 valence electrons. The van der Waals surface area contributed by atoms with E-state index >= 15 is 0 Å². The molecule has 4 nitrogen and oxygen atoms in total. The van der Waals surface area contributed by atoms with Crippen LogP contribution in [0.3, 0.4) is 0 Å². The molecule has 0 amide bonds. The Morgan fingerprint density at radius 1 is 1.33 bits per heavy atom. The van der Waals surface area contributed by atoms with E-state index in [1.165, 1.54) is 12.8 Å². The van der Waals surface area contributed by atoms with Crippen LogP contribution in [0, 0.1) is 18.3 Å². The molecule has 0 saturated carbocycles. The SMILES string of the molecule is CCCCC(CCC)Nc1c(C#N)c(C)nn1C. The van der Waals surface area contributed by atoms with E-state index in [1.54, 1.807) is 4.68 Å². The van der Waals surface area contributed by atoms with Gasteiger partial charge in [0.25, 0.3) is 0 Å². The van der Waals surface area contributed by atoms with Crippen molar-refractivity contribution in [1.29, 1.82) is 5.26 Å². The van der Waals surface area contributed by atoms with E-state index in [9.17, 15) is 5.26 Å². The maximum atomic E-state index is 9.19. The van der Waals surface area contributed by atoms with E-state index in [0.29, 0.717) is 11.6 Å². The van der Waals surface area contributed by atoms with Gasteiger partial charge in [0.15, 0.2) is 0 Å². The number of rotatable bonds is 7. The zero-order valence-electron chi connectivity index (χ0n) is 12.0. The summed E-state index contributed by atoms with van der Waals surface area (Å²) in [4.78, 5) is 0. The van der Waals surface area contributed by atoms with Gasteiger partial charge < -0.3 is 5.32 Å². The van der Waals surface area contributed by atoms with E-state index in [0.717, 1.165) is 30.8 Å². The molecule has 1 heterocycles. The Morgan fingerprint density at radius 3 is 2.61 bits per heavy atom. The molecular weight excluding hydrogens is 224 g/mol. The van der Waals surface area contributed by atoms with Crippen LogP contribution in [0.2, 0.25) is 0 Å². The van der Waals surface area contributed by atoms with Gasteiger partial charge in [0.05, 0.1) is 5.69 Å². The molecule has 4 heteroatoms. The van der Waals surface area contributed by atoms with Crippen LogP contribution in [-0.4, -0.2) is 15.8 Å². The molecule has 0 saturated heterocycles. The summed E-state index contributed by atoms with van der Waals surface area (Å²) in [6.45, 7) is 6.28. The number of hydrogen-bond donors (Lipinski definition) is 1. The fraction of sp³-hybridized carbons (Fsp3) is 0.714. The fourth-order valence-electron chi connectivity index (χ4n) is 2.24. The van der Waals surface area contributed by atoms with Gasteiger partial charge in [-0.3, -0.25) is 4.68 Å². The lowest BCUT2D eigenvalue weighted by Crippen LogP contribution is -2.21. The van der Waals surface area contributed by atoms with E-state index in [1.807, 2.05) is 14.0 Å². The smallest absolute Gasteiger partial charge is 0.142 e. The number of anilines is 1. The number of unbranched alkanes of at least 4 members (excludes halogenated alkanes) is 1. The van der Waals surface area contributed by atoms with Crippen LogP contribution in [0.5, 0.6) is 0 Å². The number of hydrogen-bond acceptors (Lipinski definition) is 3. The molecule has 0 aliphatic carbocycles. The Morgan fingerprint density at radius 2 is 2.06 bits per heavy atom. The highest BCUT2D eigenvalue weighted by Crippen LogP contribution is 2.21. The zero-order valence-corrected chi connectivity index (χ0v) is 12.0. The van der Waals surface area contributed by atoms with Gasteiger partial charge in [-0.15, -0.1) is 0 Å². The third-order valence-electron chi connectivity index (χ3n) is 3.22. The lowest BCUT2D eigenvalue weighted by Gasteiger charge is -2.19. The van der Waals surface area contributed by atoms with Crippen molar-refractivity contribution in [3.63, 3.8) is 0 Å². The van der Waals surface area contributed by atoms with Crippen LogP contribution >= 0.6 is 0 Å². The van der Waals surface area contributed by atoms with Crippen LogP contribution in [0.25, 0.3) is 0 Å². The van der Waals surface area contributed by atoms with Crippen molar-refractivity contribution in [3.05, 3.63) is 11.3 Å². The Labute approximate surface area is 110 Å². The fourth-order valence-corrected chi connectivity index (χ4v) is 2.24. The van der Waals surface area contributed by atoms with Gasteiger partial charge in [-0.25, -0.2) is 0 Å². The average Bonchev–Trinajstić information content (AvgIpc) is 2.61. The van der Waals surface area contributed by atoms with Crippen LogP contribution < -0.4 is 5.32 Å². The van der Waals surface area contributed by atoms with Crippen LogP contribution in [-0.2, 0) is 7.05 Å². The highest BCUT2D eigenvalue weighted by atomic mass is 15.3. The number of nitriles is 1. The maximum absolute atomic E-state index is 9.19. The van der Waals surface area contributed by atoms with Crippen molar-refractivity contribution in [2.45, 2.75) is 58.9 Å². The van der Waals surface area contributed by atoms with Crippen molar-refractivity contribution in [2.75, 3.05) is 5.32 Å². The molecule has 1 unspecified atom stereocenters. The predicted molar refractivity (Wildman–Crippen MR) is 74.5 cm³/mol. The Bertz CT molecular complexity index is 414. The molecule has 0 radical (unpaired) electrons. The highest BCUT2D eigenvalue weighted by Gasteiger charge is 2.16. The molecule has 0 aliphatic rings. The molecule has 1 N–H and O–H groups in total. The van der Waals surface area contributed by atoms with Crippen molar-refractivity contribution in [2.24, 2.45) is 7.05 Å². The van der Waals surface area contributed by atoms with Gasteiger partial charge in [0.2, 0.25) is 0 Å². The highest BCUT2D eigenvalue weighted by molar-refractivity contribution is 5.55. The Balaban J connectivity index is 2.83. The lowest BCUT2D eigenvalue weighted by molar-refractivity contribution is 0.558. The average molecular weight is 248 g/mol. The second-order valence-corrected chi connectivity index (χ2v) is 4.82. The molecule has 0 aromatic carbocycles. The molecular formula is C14H24N4. The summed E-state index contributed by atoms with van der Waals surface area (Å²) in [6, 6.07) is 2.68. The molecule has 1 aromatic heterocycles. The molecule has 0 fully saturated rings. The number of aryl methyl sites for hydroxylation is 2. The Kier molecular flexibility index (Phi) is 5.70. The second-order valence-electron chi connectivity index (χ2n) is 4.82. The number of aromatic nitrogens is 2. The quantitative estimate of drug-likeness (QED) is 0.805. The Hall–Kier alpha value is -1.50. The van der Waals surface area contributed by atoms with E-state index in [-0.39, 0.29) is 0 Å². The van der Waals surface area contributed by atoms with Gasteiger partial charge in [0.1, 0.15) is 17.5 Å². The first-order chi connectivity index (χ1) is 8.63. The third kappa shape index (κ3) is 3.49. The predicted octanol–water partition coefficient (Wildman–Crippen LogP) is 3.37. The second kappa shape index (κ2) is 7.05. The number of nitrogens with one attached hydrogen (secondary N) is 1. The summed E-state index contributed by atoms with van der Waals surface area (Å²) >= 11 is 0. The van der Waals surface area contributed by atoms with Gasteiger partial charge in [-0.2, -0.15) is 10.4 Å². The van der Waals surface area contributed by atoms with Crippen molar-refractivity contribution >= 4 is 5.82 Å². The summed E-state index contributed by atoms with van der Waals surface area (Å²) in [5.74, 6) is 0.865. The molecule has 0 bridgehead atoms. The summed E-state index contributed by atoms with van der Waals surface area (Å²) in [7, 11) is 1.89. The van der Waals surface area contributed by atoms with Crippen LogP contribution in [0.1, 0.15) is 57.2 Å². The van der Waals surface area contributed by atoms with E-state index in [4.69, 9.17) is 0 Å².